The number of allylic oxidation sites excluding steroid dienone is 2. The van der Waals surface area contributed by atoms with Crippen LogP contribution in [0.3, 0.4) is 0 Å². The predicted molar refractivity (Wildman–Crippen MR) is 92.6 cm³/mol. The maximum absolute atomic E-state index is 3.77. The molecule has 1 aliphatic carbocycles. The minimum absolute atomic E-state index is 0.483. The van der Waals surface area contributed by atoms with Gasteiger partial charge in [-0.25, -0.2) is 0 Å². The zero-order valence-electron chi connectivity index (χ0n) is 13.9. The van der Waals surface area contributed by atoms with Crippen molar-refractivity contribution in [3.8, 4) is 0 Å². The summed E-state index contributed by atoms with van der Waals surface area (Å²) in [4.78, 5) is 0. The minimum atomic E-state index is 0.483. The SMILES string of the molecule is C/C=C\C(=C/C)CN[C@@H](CC1CC1)c1ccc(C)c(C)c1. The second-order valence-corrected chi connectivity index (χ2v) is 6.32. The fourth-order valence-electron chi connectivity index (χ4n) is 2.72. The predicted octanol–water partition coefficient (Wildman–Crippen LogP) is 5.26. The molecule has 0 amide bonds. The van der Waals surface area contributed by atoms with E-state index < -0.39 is 0 Å². The van der Waals surface area contributed by atoms with Crippen LogP contribution in [0.25, 0.3) is 0 Å². The molecule has 0 heterocycles. The Morgan fingerprint density at radius 2 is 2.00 bits per heavy atom. The summed E-state index contributed by atoms with van der Waals surface area (Å²) in [6.45, 7) is 9.54. The van der Waals surface area contributed by atoms with Gasteiger partial charge >= 0.3 is 0 Å². The van der Waals surface area contributed by atoms with Crippen LogP contribution in [0.15, 0.2) is 42.0 Å². The molecule has 1 N–H and O–H groups in total. The maximum Gasteiger partial charge on any atom is 0.0325 e. The molecule has 1 atom stereocenters. The lowest BCUT2D eigenvalue weighted by atomic mass is 9.97. The summed E-state index contributed by atoms with van der Waals surface area (Å²) in [6, 6.07) is 7.40. The number of nitrogens with one attached hydrogen (secondary N) is 1. The van der Waals surface area contributed by atoms with E-state index in [9.17, 15) is 0 Å². The van der Waals surface area contributed by atoms with Crippen LogP contribution in [0.4, 0.5) is 0 Å². The van der Waals surface area contributed by atoms with Crippen LogP contribution in [0, 0.1) is 19.8 Å². The van der Waals surface area contributed by atoms with Gasteiger partial charge in [0.2, 0.25) is 0 Å². The van der Waals surface area contributed by atoms with Crippen LogP contribution in [-0.2, 0) is 0 Å². The van der Waals surface area contributed by atoms with E-state index in [0.717, 1.165) is 12.5 Å². The van der Waals surface area contributed by atoms with E-state index in [1.807, 2.05) is 0 Å². The molecule has 0 aromatic heterocycles. The van der Waals surface area contributed by atoms with Crippen molar-refractivity contribution < 1.29 is 0 Å². The zero-order valence-corrected chi connectivity index (χ0v) is 13.9. The molecule has 1 heteroatoms. The summed E-state index contributed by atoms with van der Waals surface area (Å²) in [5.74, 6) is 0.930. The monoisotopic (exact) mass is 283 g/mol. The Hall–Kier alpha value is -1.34. The average molecular weight is 283 g/mol. The van der Waals surface area contributed by atoms with E-state index in [1.54, 1.807) is 0 Å². The first-order valence-electron chi connectivity index (χ1n) is 8.22. The molecule has 0 radical (unpaired) electrons. The Morgan fingerprint density at radius 3 is 2.57 bits per heavy atom. The summed E-state index contributed by atoms with van der Waals surface area (Å²) in [6.07, 6.45) is 10.6. The third-order valence-electron chi connectivity index (χ3n) is 4.50. The highest BCUT2D eigenvalue weighted by Crippen LogP contribution is 2.38. The zero-order chi connectivity index (χ0) is 15.2. The molecule has 1 nitrogen and oxygen atoms in total. The molecule has 0 saturated heterocycles. The number of benzene rings is 1. The second kappa shape index (κ2) is 7.61. The van der Waals surface area contributed by atoms with Crippen LogP contribution < -0.4 is 5.32 Å². The van der Waals surface area contributed by atoms with Gasteiger partial charge in [-0.1, -0.05) is 49.3 Å². The first-order chi connectivity index (χ1) is 10.1. The minimum Gasteiger partial charge on any atom is -0.306 e. The summed E-state index contributed by atoms with van der Waals surface area (Å²) in [5.41, 5.74) is 5.59. The molecule has 1 fully saturated rings. The van der Waals surface area contributed by atoms with E-state index in [1.165, 1.54) is 41.5 Å². The van der Waals surface area contributed by atoms with Crippen molar-refractivity contribution in [2.45, 2.75) is 53.0 Å². The molecular formula is C20H29N. The Kier molecular flexibility index (Phi) is 5.81. The number of hydrogen-bond donors (Lipinski definition) is 1. The van der Waals surface area contributed by atoms with Crippen LogP contribution in [-0.4, -0.2) is 6.54 Å². The van der Waals surface area contributed by atoms with Crippen LogP contribution in [0.5, 0.6) is 0 Å². The van der Waals surface area contributed by atoms with Gasteiger partial charge in [-0.3, -0.25) is 0 Å². The summed E-state index contributed by atoms with van der Waals surface area (Å²) in [7, 11) is 0. The quantitative estimate of drug-likeness (QED) is 0.673. The molecule has 0 bridgehead atoms. The second-order valence-electron chi connectivity index (χ2n) is 6.32. The van der Waals surface area contributed by atoms with E-state index >= 15 is 0 Å². The van der Waals surface area contributed by atoms with Gasteiger partial charge in [0.1, 0.15) is 0 Å². The van der Waals surface area contributed by atoms with Crippen LogP contribution in [0.2, 0.25) is 0 Å². The molecule has 1 saturated carbocycles. The summed E-state index contributed by atoms with van der Waals surface area (Å²) < 4.78 is 0. The van der Waals surface area contributed by atoms with Gasteiger partial charge in [-0.2, -0.15) is 0 Å². The Bertz CT molecular complexity index is 521. The van der Waals surface area contributed by atoms with Crippen LogP contribution in [0.1, 0.15) is 55.8 Å². The molecule has 114 valence electrons. The van der Waals surface area contributed by atoms with Crippen molar-refractivity contribution in [2.75, 3.05) is 6.54 Å². The highest BCUT2D eigenvalue weighted by molar-refractivity contribution is 5.32. The lowest BCUT2D eigenvalue weighted by Crippen LogP contribution is -2.24. The van der Waals surface area contributed by atoms with Gasteiger partial charge in [0.15, 0.2) is 0 Å². The lowest BCUT2D eigenvalue weighted by molar-refractivity contribution is 0.493. The smallest absolute Gasteiger partial charge is 0.0325 e. The van der Waals surface area contributed by atoms with E-state index in [4.69, 9.17) is 0 Å². The summed E-state index contributed by atoms with van der Waals surface area (Å²) in [5, 5.41) is 3.77. The first kappa shape index (κ1) is 16.0. The van der Waals surface area contributed by atoms with E-state index in [-0.39, 0.29) is 0 Å². The normalized spacial score (nSPS) is 17.4. The van der Waals surface area contributed by atoms with Gasteiger partial charge in [-0.15, -0.1) is 0 Å². The fourth-order valence-corrected chi connectivity index (χ4v) is 2.72. The van der Waals surface area contributed by atoms with Crippen molar-refractivity contribution in [1.29, 1.82) is 0 Å². The van der Waals surface area contributed by atoms with Gasteiger partial charge in [0, 0.05) is 12.6 Å². The van der Waals surface area contributed by atoms with Crippen molar-refractivity contribution in [2.24, 2.45) is 5.92 Å². The molecule has 0 spiro atoms. The molecule has 0 unspecified atom stereocenters. The topological polar surface area (TPSA) is 12.0 Å². The molecule has 0 aliphatic heterocycles. The third-order valence-corrected chi connectivity index (χ3v) is 4.50. The largest absolute Gasteiger partial charge is 0.306 e. The maximum atomic E-state index is 3.77. The summed E-state index contributed by atoms with van der Waals surface area (Å²) >= 11 is 0. The Labute approximate surface area is 130 Å². The van der Waals surface area contributed by atoms with Gasteiger partial charge < -0.3 is 5.32 Å². The van der Waals surface area contributed by atoms with Gasteiger partial charge in [0.05, 0.1) is 0 Å². The van der Waals surface area contributed by atoms with Crippen molar-refractivity contribution in [3.63, 3.8) is 0 Å². The first-order valence-corrected chi connectivity index (χ1v) is 8.22. The van der Waals surface area contributed by atoms with Crippen molar-refractivity contribution in [1.82, 2.24) is 5.32 Å². The average Bonchev–Trinajstić information content (AvgIpc) is 3.29. The third kappa shape index (κ3) is 4.86. The molecular weight excluding hydrogens is 254 g/mol. The highest BCUT2D eigenvalue weighted by Gasteiger charge is 2.26. The lowest BCUT2D eigenvalue weighted by Gasteiger charge is -2.20. The van der Waals surface area contributed by atoms with E-state index in [2.05, 4.69) is 69.4 Å². The Balaban J connectivity index is 2.08. The standard InChI is InChI=1S/C20H29N/c1-5-7-17(6-2)14-21-20(13-18-9-10-18)19-11-8-15(3)16(4)12-19/h5-8,11-12,18,20-21H,9-10,13-14H2,1-4H3/b7-5-,17-6+/t20-/m0/s1. The number of aryl methyl sites for hydroxylation is 2. The van der Waals surface area contributed by atoms with Crippen molar-refractivity contribution in [3.05, 3.63) is 58.7 Å². The molecule has 1 aromatic carbocycles. The van der Waals surface area contributed by atoms with Crippen molar-refractivity contribution >= 4 is 0 Å². The number of rotatable bonds is 7. The van der Waals surface area contributed by atoms with Gasteiger partial charge in [0.25, 0.3) is 0 Å². The van der Waals surface area contributed by atoms with E-state index in [0.29, 0.717) is 6.04 Å². The molecule has 2 rings (SSSR count). The van der Waals surface area contributed by atoms with Crippen LogP contribution >= 0.6 is 0 Å². The molecule has 21 heavy (non-hydrogen) atoms. The fraction of sp³-hybridized carbons (Fsp3) is 0.500. The van der Waals surface area contributed by atoms with Gasteiger partial charge in [-0.05, 0) is 62.3 Å². The molecule has 1 aromatic rings. The highest BCUT2D eigenvalue weighted by atomic mass is 14.9. The molecule has 1 aliphatic rings. The Morgan fingerprint density at radius 1 is 1.24 bits per heavy atom. The number of hydrogen-bond acceptors (Lipinski definition) is 1.